The lowest BCUT2D eigenvalue weighted by atomic mass is 10.0. The standard InChI is InChI=1S/C15H17F3N4O2/c1-11(22-10-19-9-20-22)14(21-23-2)8-5-12-3-6-13(7-4-12)24-15(16,17)18/h3-4,6-7,9-11H,5,8H2,1-2H3. The Kier molecular flexibility index (Phi) is 5.78. The van der Waals surface area contributed by atoms with Crippen LogP contribution in [0.2, 0.25) is 0 Å². The zero-order chi connectivity index (χ0) is 17.6. The number of aromatic nitrogens is 3. The zero-order valence-electron chi connectivity index (χ0n) is 13.2. The van der Waals surface area contributed by atoms with Crippen LogP contribution < -0.4 is 4.74 Å². The molecule has 0 bridgehead atoms. The molecule has 2 rings (SSSR count). The molecule has 0 N–H and O–H groups in total. The molecule has 130 valence electrons. The van der Waals surface area contributed by atoms with Crippen molar-refractivity contribution in [3.63, 3.8) is 0 Å². The number of hydrogen-bond acceptors (Lipinski definition) is 5. The van der Waals surface area contributed by atoms with Gasteiger partial charge in [-0.15, -0.1) is 13.2 Å². The predicted molar refractivity (Wildman–Crippen MR) is 80.6 cm³/mol. The summed E-state index contributed by atoms with van der Waals surface area (Å²) in [5, 5.41) is 8.08. The Bertz CT molecular complexity index is 654. The third-order valence-electron chi connectivity index (χ3n) is 3.35. The first kappa shape index (κ1) is 17.8. The van der Waals surface area contributed by atoms with E-state index in [1.165, 1.54) is 25.6 Å². The molecular formula is C15H17F3N4O2. The number of rotatable bonds is 7. The van der Waals surface area contributed by atoms with E-state index in [-0.39, 0.29) is 11.8 Å². The SMILES string of the molecule is CON=C(CCc1ccc(OC(F)(F)F)cc1)C(C)n1cncn1. The fourth-order valence-corrected chi connectivity index (χ4v) is 2.15. The summed E-state index contributed by atoms with van der Waals surface area (Å²) in [6, 6.07) is 5.62. The van der Waals surface area contributed by atoms with Crippen molar-refractivity contribution in [2.75, 3.05) is 7.11 Å². The van der Waals surface area contributed by atoms with Crippen LogP contribution in [0.25, 0.3) is 0 Å². The summed E-state index contributed by atoms with van der Waals surface area (Å²) >= 11 is 0. The average Bonchev–Trinajstić information content (AvgIpc) is 3.05. The predicted octanol–water partition coefficient (Wildman–Crippen LogP) is 3.37. The van der Waals surface area contributed by atoms with Crippen molar-refractivity contribution >= 4 is 5.71 Å². The Labute approximate surface area is 136 Å². The van der Waals surface area contributed by atoms with Crippen LogP contribution in [0, 0.1) is 0 Å². The van der Waals surface area contributed by atoms with Gasteiger partial charge in [-0.3, -0.25) is 0 Å². The van der Waals surface area contributed by atoms with Gasteiger partial charge < -0.3 is 9.57 Å². The molecule has 0 aliphatic heterocycles. The number of nitrogens with zero attached hydrogens (tertiary/aromatic N) is 4. The molecule has 1 aromatic carbocycles. The Balaban J connectivity index is 1.98. The second-order valence-electron chi connectivity index (χ2n) is 5.01. The number of alkyl halides is 3. The molecule has 9 heteroatoms. The largest absolute Gasteiger partial charge is 0.573 e. The van der Waals surface area contributed by atoms with Crippen LogP contribution in [0.1, 0.15) is 24.9 Å². The van der Waals surface area contributed by atoms with Gasteiger partial charge in [-0.05, 0) is 37.5 Å². The Hall–Kier alpha value is -2.58. The summed E-state index contributed by atoms with van der Waals surface area (Å²) in [4.78, 5) is 8.76. The van der Waals surface area contributed by atoms with Crippen molar-refractivity contribution in [3.8, 4) is 5.75 Å². The molecule has 6 nitrogen and oxygen atoms in total. The number of hydrogen-bond donors (Lipinski definition) is 0. The lowest BCUT2D eigenvalue weighted by molar-refractivity contribution is -0.274. The van der Waals surface area contributed by atoms with Crippen LogP contribution in [0.4, 0.5) is 13.2 Å². The highest BCUT2D eigenvalue weighted by molar-refractivity contribution is 5.87. The average molecular weight is 342 g/mol. The van der Waals surface area contributed by atoms with Gasteiger partial charge in [0.15, 0.2) is 0 Å². The second-order valence-corrected chi connectivity index (χ2v) is 5.01. The fourth-order valence-electron chi connectivity index (χ4n) is 2.15. The minimum Gasteiger partial charge on any atom is -0.406 e. The van der Waals surface area contributed by atoms with Gasteiger partial charge in [-0.1, -0.05) is 17.3 Å². The van der Waals surface area contributed by atoms with E-state index < -0.39 is 6.36 Å². The molecule has 0 aliphatic rings. The molecule has 2 aromatic rings. The molecule has 1 aromatic heterocycles. The summed E-state index contributed by atoms with van der Waals surface area (Å²) in [5.74, 6) is -0.243. The molecule has 1 unspecified atom stereocenters. The molecule has 24 heavy (non-hydrogen) atoms. The smallest absolute Gasteiger partial charge is 0.406 e. The third-order valence-corrected chi connectivity index (χ3v) is 3.35. The van der Waals surface area contributed by atoms with Crippen molar-refractivity contribution in [1.29, 1.82) is 0 Å². The summed E-state index contributed by atoms with van der Waals surface area (Å²) in [7, 11) is 1.46. The van der Waals surface area contributed by atoms with Crippen LogP contribution in [0.15, 0.2) is 42.1 Å². The number of oxime groups is 1. The molecular weight excluding hydrogens is 325 g/mol. The minimum absolute atomic E-state index is 0.139. The number of benzene rings is 1. The molecule has 1 atom stereocenters. The highest BCUT2D eigenvalue weighted by Crippen LogP contribution is 2.23. The van der Waals surface area contributed by atoms with Gasteiger partial charge in [0.2, 0.25) is 0 Å². The lowest BCUT2D eigenvalue weighted by Crippen LogP contribution is -2.18. The van der Waals surface area contributed by atoms with Crippen molar-refractivity contribution in [2.24, 2.45) is 5.16 Å². The molecule has 0 amide bonds. The summed E-state index contributed by atoms with van der Waals surface area (Å²) in [6.45, 7) is 1.91. The van der Waals surface area contributed by atoms with E-state index in [1.807, 2.05) is 6.92 Å². The van der Waals surface area contributed by atoms with E-state index in [9.17, 15) is 13.2 Å². The second kappa shape index (κ2) is 7.80. The summed E-state index contributed by atoms with van der Waals surface area (Å²) < 4.78 is 41.9. The minimum atomic E-state index is -4.69. The zero-order valence-corrected chi connectivity index (χ0v) is 13.2. The fraction of sp³-hybridized carbons (Fsp3) is 0.400. The highest BCUT2D eigenvalue weighted by atomic mass is 19.4. The van der Waals surface area contributed by atoms with Crippen molar-refractivity contribution < 1.29 is 22.7 Å². The van der Waals surface area contributed by atoms with E-state index in [0.717, 1.165) is 11.3 Å². The lowest BCUT2D eigenvalue weighted by Gasteiger charge is -2.14. The van der Waals surface area contributed by atoms with Gasteiger partial charge in [0.05, 0.1) is 11.8 Å². The molecule has 1 heterocycles. The summed E-state index contributed by atoms with van der Waals surface area (Å²) in [5.41, 5.74) is 1.61. The van der Waals surface area contributed by atoms with Gasteiger partial charge in [0.1, 0.15) is 25.5 Å². The Morgan fingerprint density at radius 2 is 2.00 bits per heavy atom. The van der Waals surface area contributed by atoms with Gasteiger partial charge in [-0.25, -0.2) is 9.67 Å². The number of halogens is 3. The molecule has 0 aliphatic carbocycles. The Morgan fingerprint density at radius 3 is 2.54 bits per heavy atom. The quantitative estimate of drug-likeness (QED) is 0.572. The number of aryl methyl sites for hydroxylation is 1. The first-order chi connectivity index (χ1) is 11.4. The van der Waals surface area contributed by atoms with Gasteiger partial charge in [-0.2, -0.15) is 5.10 Å². The maximum atomic E-state index is 12.1. The van der Waals surface area contributed by atoms with Gasteiger partial charge >= 0.3 is 6.36 Å². The first-order valence-corrected chi connectivity index (χ1v) is 7.18. The van der Waals surface area contributed by atoms with Crippen molar-refractivity contribution in [1.82, 2.24) is 14.8 Å². The normalized spacial score (nSPS) is 13.6. The van der Waals surface area contributed by atoms with E-state index in [1.54, 1.807) is 23.1 Å². The third kappa shape index (κ3) is 5.25. The van der Waals surface area contributed by atoms with E-state index in [0.29, 0.717) is 12.8 Å². The maximum Gasteiger partial charge on any atom is 0.573 e. The Morgan fingerprint density at radius 1 is 1.29 bits per heavy atom. The molecule has 0 saturated heterocycles. The maximum absolute atomic E-state index is 12.1. The molecule has 0 saturated carbocycles. The van der Waals surface area contributed by atoms with Crippen LogP contribution in [-0.2, 0) is 11.3 Å². The van der Waals surface area contributed by atoms with Crippen LogP contribution in [0.3, 0.4) is 0 Å². The van der Waals surface area contributed by atoms with Crippen LogP contribution in [0.5, 0.6) is 5.75 Å². The summed E-state index contributed by atoms with van der Waals surface area (Å²) in [6.07, 6.45) is -0.520. The van der Waals surface area contributed by atoms with Crippen LogP contribution >= 0.6 is 0 Å². The number of ether oxygens (including phenoxy) is 1. The van der Waals surface area contributed by atoms with Crippen molar-refractivity contribution in [2.45, 2.75) is 32.2 Å². The van der Waals surface area contributed by atoms with E-state index in [4.69, 9.17) is 4.84 Å². The molecule has 0 fully saturated rings. The topological polar surface area (TPSA) is 61.5 Å². The van der Waals surface area contributed by atoms with Crippen molar-refractivity contribution in [3.05, 3.63) is 42.5 Å². The first-order valence-electron chi connectivity index (χ1n) is 7.18. The highest BCUT2D eigenvalue weighted by Gasteiger charge is 2.30. The van der Waals surface area contributed by atoms with E-state index >= 15 is 0 Å². The van der Waals surface area contributed by atoms with E-state index in [2.05, 4.69) is 20.0 Å². The molecule has 0 spiro atoms. The van der Waals surface area contributed by atoms with Gasteiger partial charge in [0, 0.05) is 0 Å². The van der Waals surface area contributed by atoms with Crippen LogP contribution in [-0.4, -0.2) is 33.9 Å². The monoisotopic (exact) mass is 342 g/mol. The molecule has 0 radical (unpaired) electrons. The van der Waals surface area contributed by atoms with Gasteiger partial charge in [0.25, 0.3) is 0 Å².